The summed E-state index contributed by atoms with van der Waals surface area (Å²) in [6, 6.07) is 20.3. The fraction of sp³-hybridized carbons (Fsp3) is 0.235. The highest BCUT2D eigenvalue weighted by molar-refractivity contribution is 6.05. The number of nitrogens with zero attached hydrogens (tertiary/aromatic N) is 2. The zero-order chi connectivity index (χ0) is 29.9. The summed E-state index contributed by atoms with van der Waals surface area (Å²) in [7, 11) is 3.16. The number of ether oxygens (including phenoxy) is 5. The van der Waals surface area contributed by atoms with Crippen molar-refractivity contribution in [2.24, 2.45) is 11.8 Å². The minimum atomic E-state index is -0.350. The lowest BCUT2D eigenvalue weighted by Crippen LogP contribution is -2.31. The molecule has 220 valence electrons. The predicted octanol–water partition coefficient (Wildman–Crippen LogP) is 5.26. The van der Waals surface area contributed by atoms with Crippen LogP contribution in [0.5, 0.6) is 23.0 Å². The van der Waals surface area contributed by atoms with Crippen LogP contribution in [0.25, 0.3) is 22.1 Å². The average Bonchev–Trinajstić information content (AvgIpc) is 3.66. The molecule has 1 aliphatic carbocycles. The van der Waals surface area contributed by atoms with E-state index >= 15 is 0 Å². The van der Waals surface area contributed by atoms with Gasteiger partial charge in [0.05, 0.1) is 43.3 Å². The number of cyclic esters (lactones) is 1. The van der Waals surface area contributed by atoms with E-state index in [9.17, 15) is 9.59 Å². The van der Waals surface area contributed by atoms with E-state index in [2.05, 4.69) is 5.32 Å². The van der Waals surface area contributed by atoms with Crippen LogP contribution in [-0.4, -0.2) is 49.5 Å². The minimum absolute atomic E-state index is 0.0421. The van der Waals surface area contributed by atoms with Gasteiger partial charge in [0.1, 0.15) is 17.0 Å². The number of benzene rings is 4. The summed E-state index contributed by atoms with van der Waals surface area (Å²) >= 11 is 0. The molecule has 4 aromatic carbocycles. The highest BCUT2D eigenvalue weighted by Gasteiger charge is 2.48. The Morgan fingerprint density at radius 3 is 2.59 bits per heavy atom. The van der Waals surface area contributed by atoms with Crippen LogP contribution in [0.15, 0.2) is 66.7 Å². The Labute approximate surface area is 251 Å². The summed E-state index contributed by atoms with van der Waals surface area (Å²) < 4.78 is 28.0. The molecule has 0 spiro atoms. The predicted molar refractivity (Wildman–Crippen MR) is 161 cm³/mol. The maximum atomic E-state index is 13.1. The smallest absolute Gasteiger partial charge is 0.310 e. The molecule has 0 saturated carbocycles. The molecule has 10 nitrogen and oxygen atoms in total. The number of nitrogens with one attached hydrogen (secondary N) is 1. The molecule has 0 bridgehead atoms. The molecule has 1 N–H and O–H groups in total. The maximum absolute atomic E-state index is 13.1. The van der Waals surface area contributed by atoms with Gasteiger partial charge in [-0.25, -0.2) is 9.97 Å². The molecule has 3 heterocycles. The quantitative estimate of drug-likeness (QED) is 0.216. The summed E-state index contributed by atoms with van der Waals surface area (Å²) in [5.74, 6) is 1.46. The Bertz CT molecular complexity index is 2010. The summed E-state index contributed by atoms with van der Waals surface area (Å²) in [6.07, 6.45) is 0.721. The van der Waals surface area contributed by atoms with Crippen LogP contribution in [-0.2, 0) is 16.0 Å². The number of anilines is 1. The zero-order valence-electron chi connectivity index (χ0n) is 24.0. The average molecular weight is 590 g/mol. The largest absolute Gasteiger partial charge is 0.497 e. The number of aromatic nitrogens is 2. The lowest BCUT2D eigenvalue weighted by molar-refractivity contribution is -0.141. The number of carbonyl (C=O) groups is 2. The molecule has 1 saturated heterocycles. The van der Waals surface area contributed by atoms with Crippen molar-refractivity contribution in [1.82, 2.24) is 9.97 Å². The molecular formula is C34H27N3O7. The van der Waals surface area contributed by atoms with Gasteiger partial charge in [-0.3, -0.25) is 9.59 Å². The topological polar surface area (TPSA) is 118 Å². The fourth-order valence-corrected chi connectivity index (χ4v) is 6.65. The number of rotatable bonds is 5. The van der Waals surface area contributed by atoms with Crippen LogP contribution in [0.4, 0.5) is 5.69 Å². The van der Waals surface area contributed by atoms with Crippen molar-refractivity contribution in [2.75, 3.05) is 32.9 Å². The Balaban J connectivity index is 1.22. The SMILES string of the molecule is COc1cccc(C(=O)Nc2ccc3nc4c(OC)cc([C@@H]5c6cc7c(cc6C[C@H]6COC(=O)[C@@H]65)OCO7)cc4nc3c2)c1. The van der Waals surface area contributed by atoms with Crippen molar-refractivity contribution in [1.29, 1.82) is 0 Å². The van der Waals surface area contributed by atoms with E-state index in [4.69, 9.17) is 33.7 Å². The van der Waals surface area contributed by atoms with Gasteiger partial charge < -0.3 is 29.0 Å². The Morgan fingerprint density at radius 2 is 1.75 bits per heavy atom. The fourth-order valence-electron chi connectivity index (χ4n) is 6.65. The molecule has 1 fully saturated rings. The van der Waals surface area contributed by atoms with Crippen LogP contribution >= 0.6 is 0 Å². The van der Waals surface area contributed by atoms with Crippen molar-refractivity contribution in [2.45, 2.75) is 12.3 Å². The first-order valence-corrected chi connectivity index (χ1v) is 14.3. The van der Waals surface area contributed by atoms with Gasteiger partial charge >= 0.3 is 5.97 Å². The van der Waals surface area contributed by atoms with E-state index in [1.165, 1.54) is 0 Å². The molecule has 0 radical (unpaired) electrons. The van der Waals surface area contributed by atoms with Crippen molar-refractivity contribution in [3.05, 3.63) is 89.0 Å². The molecule has 1 aromatic heterocycles. The van der Waals surface area contributed by atoms with Gasteiger partial charge in [-0.1, -0.05) is 6.07 Å². The lowest BCUT2D eigenvalue weighted by atomic mass is 9.67. The van der Waals surface area contributed by atoms with Gasteiger partial charge in [-0.15, -0.1) is 0 Å². The van der Waals surface area contributed by atoms with Gasteiger partial charge in [0.15, 0.2) is 11.5 Å². The van der Waals surface area contributed by atoms with E-state index in [0.717, 1.165) is 23.1 Å². The second-order valence-electron chi connectivity index (χ2n) is 11.2. The molecule has 3 atom stereocenters. The van der Waals surface area contributed by atoms with Crippen LogP contribution in [0.3, 0.4) is 0 Å². The van der Waals surface area contributed by atoms with Crippen LogP contribution in [0, 0.1) is 11.8 Å². The van der Waals surface area contributed by atoms with Crippen LogP contribution < -0.4 is 24.3 Å². The van der Waals surface area contributed by atoms with E-state index in [0.29, 0.717) is 62.9 Å². The van der Waals surface area contributed by atoms with Crippen LogP contribution in [0.2, 0.25) is 0 Å². The molecule has 2 aliphatic heterocycles. The monoisotopic (exact) mass is 589 g/mol. The second-order valence-corrected chi connectivity index (χ2v) is 11.2. The Kier molecular flexibility index (Phi) is 6.04. The number of hydrogen-bond acceptors (Lipinski definition) is 9. The van der Waals surface area contributed by atoms with Crippen molar-refractivity contribution < 1.29 is 33.3 Å². The molecule has 5 aromatic rings. The first-order chi connectivity index (χ1) is 21.5. The van der Waals surface area contributed by atoms with E-state index in [1.807, 2.05) is 30.3 Å². The van der Waals surface area contributed by atoms with Gasteiger partial charge in [-0.05, 0) is 83.8 Å². The highest BCUT2D eigenvalue weighted by atomic mass is 16.7. The van der Waals surface area contributed by atoms with E-state index < -0.39 is 0 Å². The van der Waals surface area contributed by atoms with E-state index in [-0.39, 0.29) is 36.4 Å². The Hall–Kier alpha value is -5.38. The van der Waals surface area contributed by atoms with Crippen molar-refractivity contribution in [3.8, 4) is 23.0 Å². The first kappa shape index (κ1) is 26.3. The molecule has 44 heavy (non-hydrogen) atoms. The standard InChI is InChI=1S/C34H27N3O7/c1-40-22-5-3-4-17(9-22)33(38)35-21-6-7-24-25(13-21)36-26-10-19(12-29(41-2)32(26)37-24)30-23-14-28-27(43-16-44-28)11-18(23)8-20-15-42-34(39)31(20)30/h3-7,9-14,20,30-31H,8,15-16H2,1-2H3,(H,35,38)/t20-,30+,31-/m0/s1. The molecule has 0 unspecified atom stereocenters. The summed E-state index contributed by atoms with van der Waals surface area (Å²) in [5, 5.41) is 2.94. The van der Waals surface area contributed by atoms with Crippen molar-refractivity contribution >= 4 is 39.6 Å². The summed E-state index contributed by atoms with van der Waals surface area (Å²) in [6.45, 7) is 0.555. The first-order valence-electron chi connectivity index (χ1n) is 14.3. The second kappa shape index (κ2) is 10.1. The van der Waals surface area contributed by atoms with Gasteiger partial charge in [-0.2, -0.15) is 0 Å². The Morgan fingerprint density at radius 1 is 0.886 bits per heavy atom. The number of methoxy groups -OCH3 is 2. The molecule has 1 amide bonds. The molecule has 8 rings (SSSR count). The molecular weight excluding hydrogens is 562 g/mol. The maximum Gasteiger partial charge on any atom is 0.310 e. The van der Waals surface area contributed by atoms with Crippen molar-refractivity contribution in [3.63, 3.8) is 0 Å². The third kappa shape index (κ3) is 4.24. The third-order valence-electron chi connectivity index (χ3n) is 8.72. The summed E-state index contributed by atoms with van der Waals surface area (Å²) in [4.78, 5) is 35.9. The van der Waals surface area contributed by atoms with Gasteiger partial charge in [0.25, 0.3) is 5.91 Å². The van der Waals surface area contributed by atoms with Gasteiger partial charge in [0.2, 0.25) is 6.79 Å². The number of amides is 1. The highest BCUT2D eigenvalue weighted by Crippen LogP contribution is 2.51. The third-order valence-corrected chi connectivity index (χ3v) is 8.72. The minimum Gasteiger partial charge on any atom is -0.497 e. The number of fused-ring (bicyclic) bond motifs is 5. The molecule has 10 heteroatoms. The molecule has 3 aliphatic rings. The summed E-state index contributed by atoms with van der Waals surface area (Å²) in [5.41, 5.74) is 6.51. The van der Waals surface area contributed by atoms with Crippen LogP contribution in [0.1, 0.15) is 33.0 Å². The zero-order valence-corrected chi connectivity index (χ0v) is 24.0. The normalized spacial score (nSPS) is 19.8. The van der Waals surface area contributed by atoms with Gasteiger partial charge in [0, 0.05) is 23.1 Å². The number of esters is 1. The number of hydrogen-bond donors (Lipinski definition) is 1. The number of carbonyl (C=O) groups excluding carboxylic acids is 2. The van der Waals surface area contributed by atoms with E-state index in [1.54, 1.807) is 50.6 Å². The lowest BCUT2D eigenvalue weighted by Gasteiger charge is -2.33.